The van der Waals surface area contributed by atoms with E-state index >= 15 is 0 Å². The Bertz CT molecular complexity index is 1110. The lowest BCUT2D eigenvalue weighted by molar-refractivity contribution is -0.115. The summed E-state index contributed by atoms with van der Waals surface area (Å²) in [5, 5.41) is 5.48. The van der Waals surface area contributed by atoms with E-state index < -0.39 is 5.82 Å². The van der Waals surface area contributed by atoms with Crippen molar-refractivity contribution in [2.45, 2.75) is 19.8 Å². The number of carbonyl (C=O) groups excluding carboxylic acids is 3. The number of amides is 4. The van der Waals surface area contributed by atoms with Crippen LogP contribution in [0, 0.1) is 5.82 Å². The van der Waals surface area contributed by atoms with Gasteiger partial charge in [0.25, 0.3) is 5.91 Å². The zero-order valence-corrected chi connectivity index (χ0v) is 20.5. The number of ether oxygens (including phenoxy) is 1. The average molecular weight is 498 g/mol. The van der Waals surface area contributed by atoms with Gasteiger partial charge < -0.3 is 30.1 Å². The summed E-state index contributed by atoms with van der Waals surface area (Å²) >= 11 is 0. The van der Waals surface area contributed by atoms with Crippen molar-refractivity contribution in [3.63, 3.8) is 0 Å². The van der Waals surface area contributed by atoms with Crippen LogP contribution in [0.15, 0.2) is 42.5 Å². The van der Waals surface area contributed by atoms with E-state index in [2.05, 4.69) is 15.5 Å². The van der Waals surface area contributed by atoms with Crippen LogP contribution in [0.25, 0.3) is 0 Å². The normalized spacial score (nSPS) is 16.3. The topological polar surface area (TPSA) is 94.2 Å². The van der Waals surface area contributed by atoms with E-state index in [1.807, 2.05) is 6.07 Å². The molecule has 2 aromatic rings. The second kappa shape index (κ2) is 11.9. The number of anilines is 3. The van der Waals surface area contributed by atoms with E-state index in [0.29, 0.717) is 76.6 Å². The number of hydrogen-bond acceptors (Lipinski definition) is 5. The van der Waals surface area contributed by atoms with Crippen LogP contribution in [0.1, 0.15) is 30.1 Å². The Balaban J connectivity index is 1.52. The lowest BCUT2D eigenvalue weighted by Crippen LogP contribution is -2.42. The van der Waals surface area contributed by atoms with E-state index in [1.165, 1.54) is 12.1 Å². The Morgan fingerprint density at radius 1 is 0.917 bits per heavy atom. The summed E-state index contributed by atoms with van der Waals surface area (Å²) < 4.78 is 19.4. The summed E-state index contributed by atoms with van der Waals surface area (Å²) in [7, 11) is 0. The third-order valence-corrected chi connectivity index (χ3v) is 6.37. The molecule has 0 radical (unpaired) electrons. The molecular weight excluding hydrogens is 465 g/mol. The molecule has 2 heterocycles. The highest BCUT2D eigenvalue weighted by molar-refractivity contribution is 6.02. The predicted octanol–water partition coefficient (Wildman–Crippen LogP) is 3.39. The van der Waals surface area contributed by atoms with Crippen molar-refractivity contribution in [1.29, 1.82) is 0 Å². The van der Waals surface area contributed by atoms with Crippen LogP contribution in [0.5, 0.6) is 0 Å². The third kappa shape index (κ3) is 6.12. The summed E-state index contributed by atoms with van der Waals surface area (Å²) in [6.07, 6.45) is 1.02. The standard InChI is InChI=1S/C26H32FN5O4/c1-2-24(33)28-19-8-9-23(20(18-19)25(34)31-14-16-36-17-15-31)30-10-5-11-32(13-12-30)26(35)29-22-7-4-3-6-21(22)27/h3-4,6-9,18H,2,5,10-17H2,1H3,(H,28,33)(H,29,35). The van der Waals surface area contributed by atoms with Gasteiger partial charge in [-0.25, -0.2) is 9.18 Å². The molecule has 2 aliphatic rings. The lowest BCUT2D eigenvalue weighted by atomic mass is 10.1. The number of hydrogen-bond donors (Lipinski definition) is 2. The number of nitrogens with zero attached hydrogens (tertiary/aromatic N) is 3. The summed E-state index contributed by atoms with van der Waals surface area (Å²) in [6.45, 7) is 5.85. The van der Waals surface area contributed by atoms with Gasteiger partial charge in [-0.05, 0) is 36.8 Å². The van der Waals surface area contributed by atoms with Gasteiger partial charge in [0.15, 0.2) is 0 Å². The molecule has 0 bridgehead atoms. The van der Waals surface area contributed by atoms with Crippen LogP contribution in [0.2, 0.25) is 0 Å². The first-order chi connectivity index (χ1) is 17.5. The van der Waals surface area contributed by atoms with Crippen molar-refractivity contribution < 1.29 is 23.5 Å². The number of urea groups is 1. The van der Waals surface area contributed by atoms with Crippen LogP contribution in [0.4, 0.5) is 26.2 Å². The largest absolute Gasteiger partial charge is 0.378 e. The first kappa shape index (κ1) is 25.4. The van der Waals surface area contributed by atoms with Gasteiger partial charge in [0, 0.05) is 57.1 Å². The highest BCUT2D eigenvalue weighted by Gasteiger charge is 2.26. The fourth-order valence-electron chi connectivity index (χ4n) is 4.37. The fraction of sp³-hybridized carbons (Fsp3) is 0.423. The molecule has 36 heavy (non-hydrogen) atoms. The van der Waals surface area contributed by atoms with Gasteiger partial charge in [-0.3, -0.25) is 9.59 Å². The molecule has 2 N–H and O–H groups in total. The highest BCUT2D eigenvalue weighted by atomic mass is 19.1. The molecule has 2 aliphatic heterocycles. The lowest BCUT2D eigenvalue weighted by Gasteiger charge is -2.30. The molecular formula is C26H32FN5O4. The van der Waals surface area contributed by atoms with E-state index in [-0.39, 0.29) is 23.5 Å². The van der Waals surface area contributed by atoms with E-state index in [9.17, 15) is 18.8 Å². The van der Waals surface area contributed by atoms with Crippen molar-refractivity contribution in [3.8, 4) is 0 Å². The number of halogens is 1. The molecule has 0 aliphatic carbocycles. The Labute approximate surface area is 210 Å². The molecule has 192 valence electrons. The van der Waals surface area contributed by atoms with Crippen LogP contribution < -0.4 is 15.5 Å². The summed E-state index contributed by atoms with van der Waals surface area (Å²) in [5.41, 5.74) is 1.99. The van der Waals surface area contributed by atoms with Crippen molar-refractivity contribution in [3.05, 3.63) is 53.8 Å². The minimum absolute atomic E-state index is 0.112. The molecule has 9 nitrogen and oxygen atoms in total. The minimum atomic E-state index is -0.483. The van der Waals surface area contributed by atoms with E-state index in [0.717, 1.165) is 5.69 Å². The second-order valence-electron chi connectivity index (χ2n) is 8.78. The minimum Gasteiger partial charge on any atom is -0.378 e. The van der Waals surface area contributed by atoms with Gasteiger partial charge in [0.2, 0.25) is 5.91 Å². The maximum absolute atomic E-state index is 14.0. The molecule has 10 heteroatoms. The number of carbonyl (C=O) groups is 3. The number of para-hydroxylation sites is 1. The number of morpholine rings is 1. The summed E-state index contributed by atoms with van der Waals surface area (Å²) in [5.74, 6) is -0.720. The van der Waals surface area contributed by atoms with Gasteiger partial charge in [-0.1, -0.05) is 19.1 Å². The highest BCUT2D eigenvalue weighted by Crippen LogP contribution is 2.28. The quantitative estimate of drug-likeness (QED) is 0.661. The van der Waals surface area contributed by atoms with Crippen molar-refractivity contribution in [1.82, 2.24) is 9.80 Å². The van der Waals surface area contributed by atoms with Crippen LogP contribution >= 0.6 is 0 Å². The number of rotatable bonds is 5. The molecule has 2 aromatic carbocycles. The zero-order valence-electron chi connectivity index (χ0n) is 20.5. The molecule has 0 aromatic heterocycles. The first-order valence-electron chi connectivity index (χ1n) is 12.3. The van der Waals surface area contributed by atoms with E-state index in [1.54, 1.807) is 41.0 Å². The first-order valence-corrected chi connectivity index (χ1v) is 12.3. The molecule has 4 amide bonds. The van der Waals surface area contributed by atoms with Gasteiger partial charge in [-0.15, -0.1) is 0 Å². The van der Waals surface area contributed by atoms with E-state index in [4.69, 9.17) is 4.74 Å². The van der Waals surface area contributed by atoms with Gasteiger partial charge in [-0.2, -0.15) is 0 Å². The average Bonchev–Trinajstić information content (AvgIpc) is 3.16. The van der Waals surface area contributed by atoms with Gasteiger partial charge in [0.1, 0.15) is 5.82 Å². The summed E-state index contributed by atoms with van der Waals surface area (Å²) in [4.78, 5) is 43.7. The van der Waals surface area contributed by atoms with Crippen molar-refractivity contribution >= 4 is 34.9 Å². The van der Waals surface area contributed by atoms with Gasteiger partial charge in [0.05, 0.1) is 24.5 Å². The predicted molar refractivity (Wildman–Crippen MR) is 136 cm³/mol. The van der Waals surface area contributed by atoms with Crippen molar-refractivity contribution in [2.75, 3.05) is 68.0 Å². The molecule has 0 spiro atoms. The number of benzene rings is 2. The second-order valence-corrected chi connectivity index (χ2v) is 8.78. The Hall–Kier alpha value is -3.66. The molecule has 0 atom stereocenters. The Morgan fingerprint density at radius 2 is 1.69 bits per heavy atom. The van der Waals surface area contributed by atoms with Crippen LogP contribution in [0.3, 0.4) is 0 Å². The molecule has 0 saturated carbocycles. The number of nitrogens with one attached hydrogen (secondary N) is 2. The van der Waals surface area contributed by atoms with Crippen LogP contribution in [-0.4, -0.2) is 80.1 Å². The zero-order chi connectivity index (χ0) is 25.5. The fourth-order valence-corrected chi connectivity index (χ4v) is 4.37. The Morgan fingerprint density at radius 3 is 2.44 bits per heavy atom. The molecule has 4 rings (SSSR count). The molecule has 2 fully saturated rings. The summed E-state index contributed by atoms with van der Waals surface area (Å²) in [6, 6.07) is 11.1. The Kier molecular flexibility index (Phi) is 8.37. The SMILES string of the molecule is CCC(=O)Nc1ccc(N2CCCN(C(=O)Nc3ccccc3F)CC2)c(C(=O)N2CCOCC2)c1. The monoisotopic (exact) mass is 497 g/mol. The smallest absolute Gasteiger partial charge is 0.321 e. The molecule has 2 saturated heterocycles. The van der Waals surface area contributed by atoms with Gasteiger partial charge >= 0.3 is 6.03 Å². The maximum Gasteiger partial charge on any atom is 0.321 e. The third-order valence-electron chi connectivity index (χ3n) is 6.37. The maximum atomic E-state index is 14.0. The van der Waals surface area contributed by atoms with Crippen molar-refractivity contribution in [2.24, 2.45) is 0 Å². The van der Waals surface area contributed by atoms with Crippen LogP contribution in [-0.2, 0) is 9.53 Å². The molecule has 0 unspecified atom stereocenters.